The first-order valence-corrected chi connectivity index (χ1v) is 5.57. The molecule has 0 saturated carbocycles. The molecule has 2 aromatic rings. The minimum atomic E-state index is -0.306. The molecule has 0 bridgehead atoms. The molecule has 90 valence electrons. The van der Waals surface area contributed by atoms with Crippen LogP contribution in [0.15, 0.2) is 28.7 Å². The van der Waals surface area contributed by atoms with Crippen LogP contribution in [0, 0.1) is 5.82 Å². The predicted molar refractivity (Wildman–Crippen MR) is 59.5 cm³/mol. The van der Waals surface area contributed by atoms with Crippen LogP contribution >= 0.6 is 11.6 Å². The first-order valence-electron chi connectivity index (χ1n) is 5.03. The topological polar surface area (TPSA) is 48.2 Å². The number of alkyl halides is 1. The van der Waals surface area contributed by atoms with Crippen LogP contribution in [0.1, 0.15) is 11.8 Å². The van der Waals surface area contributed by atoms with Crippen LogP contribution in [0.25, 0.3) is 0 Å². The lowest BCUT2D eigenvalue weighted by Crippen LogP contribution is -1.95. The number of hydrogen-bond donors (Lipinski definition) is 0. The zero-order valence-electron chi connectivity index (χ0n) is 8.90. The summed E-state index contributed by atoms with van der Waals surface area (Å²) >= 11 is 5.54. The molecule has 1 aromatic carbocycles. The van der Waals surface area contributed by atoms with Gasteiger partial charge in [0.05, 0.1) is 0 Å². The summed E-state index contributed by atoms with van der Waals surface area (Å²) < 4.78 is 23.2. The summed E-state index contributed by atoms with van der Waals surface area (Å²) in [6, 6.07) is 5.71. The van der Waals surface area contributed by atoms with Crippen molar-refractivity contribution in [2.75, 3.05) is 5.88 Å². The fourth-order valence-corrected chi connectivity index (χ4v) is 1.37. The molecule has 2 rings (SSSR count). The Morgan fingerprint density at radius 3 is 2.59 bits per heavy atom. The lowest BCUT2D eigenvalue weighted by Gasteiger charge is -2.01. The Kier molecular flexibility index (Phi) is 3.93. The number of ether oxygens (including phenoxy) is 1. The summed E-state index contributed by atoms with van der Waals surface area (Å²) in [5, 5.41) is 7.58. The highest BCUT2D eigenvalue weighted by molar-refractivity contribution is 6.17. The minimum Gasteiger partial charge on any atom is -0.484 e. The average molecular weight is 257 g/mol. The highest BCUT2D eigenvalue weighted by Gasteiger charge is 2.06. The third-order valence-corrected chi connectivity index (χ3v) is 2.18. The SMILES string of the molecule is Fc1ccc(OCc2nnc(CCCl)o2)cc1. The molecule has 0 aliphatic carbocycles. The molecule has 4 nitrogen and oxygen atoms in total. The number of halogens is 2. The van der Waals surface area contributed by atoms with E-state index in [4.69, 9.17) is 20.8 Å². The van der Waals surface area contributed by atoms with Gasteiger partial charge < -0.3 is 9.15 Å². The van der Waals surface area contributed by atoms with Gasteiger partial charge in [0.2, 0.25) is 5.89 Å². The van der Waals surface area contributed by atoms with Crippen LogP contribution in [0.2, 0.25) is 0 Å². The molecule has 0 fully saturated rings. The van der Waals surface area contributed by atoms with Crippen molar-refractivity contribution >= 4 is 11.6 Å². The van der Waals surface area contributed by atoms with Gasteiger partial charge in [0.25, 0.3) is 5.89 Å². The number of nitrogens with zero attached hydrogens (tertiary/aromatic N) is 2. The third kappa shape index (κ3) is 3.42. The monoisotopic (exact) mass is 256 g/mol. The maximum atomic E-state index is 12.6. The molecule has 0 aliphatic heterocycles. The summed E-state index contributed by atoms with van der Waals surface area (Å²) in [5.74, 6) is 1.52. The van der Waals surface area contributed by atoms with Gasteiger partial charge in [-0.2, -0.15) is 0 Å². The molecule has 0 saturated heterocycles. The van der Waals surface area contributed by atoms with Crippen LogP contribution < -0.4 is 4.74 Å². The largest absolute Gasteiger partial charge is 0.484 e. The van der Waals surface area contributed by atoms with Crippen molar-refractivity contribution in [3.8, 4) is 5.75 Å². The van der Waals surface area contributed by atoms with Crippen LogP contribution in [0.5, 0.6) is 5.75 Å². The number of aromatic nitrogens is 2. The molecule has 0 amide bonds. The Balaban J connectivity index is 1.90. The Bertz CT molecular complexity index is 473. The van der Waals surface area contributed by atoms with Crippen molar-refractivity contribution in [2.45, 2.75) is 13.0 Å². The fourth-order valence-electron chi connectivity index (χ4n) is 1.20. The summed E-state index contributed by atoms with van der Waals surface area (Å²) in [6.45, 7) is 0.154. The van der Waals surface area contributed by atoms with Crippen molar-refractivity contribution in [1.29, 1.82) is 0 Å². The molecule has 0 N–H and O–H groups in total. The second kappa shape index (κ2) is 5.63. The number of rotatable bonds is 5. The van der Waals surface area contributed by atoms with Gasteiger partial charge in [0, 0.05) is 12.3 Å². The van der Waals surface area contributed by atoms with Crippen LogP contribution in [-0.2, 0) is 13.0 Å². The van der Waals surface area contributed by atoms with Crippen LogP contribution in [-0.4, -0.2) is 16.1 Å². The van der Waals surface area contributed by atoms with Gasteiger partial charge in [-0.15, -0.1) is 21.8 Å². The molecule has 0 radical (unpaired) electrons. The second-order valence-corrected chi connectivity index (χ2v) is 3.65. The lowest BCUT2D eigenvalue weighted by molar-refractivity contribution is 0.259. The van der Waals surface area contributed by atoms with E-state index in [1.807, 2.05) is 0 Å². The summed E-state index contributed by atoms with van der Waals surface area (Å²) in [7, 11) is 0. The molecule has 0 atom stereocenters. The number of hydrogen-bond acceptors (Lipinski definition) is 4. The minimum absolute atomic E-state index is 0.154. The Labute approximate surface area is 102 Å². The van der Waals surface area contributed by atoms with Crippen LogP contribution in [0.4, 0.5) is 4.39 Å². The van der Waals surface area contributed by atoms with Crippen molar-refractivity contribution < 1.29 is 13.5 Å². The van der Waals surface area contributed by atoms with Crippen molar-refractivity contribution in [1.82, 2.24) is 10.2 Å². The third-order valence-electron chi connectivity index (χ3n) is 1.99. The van der Waals surface area contributed by atoms with Crippen molar-refractivity contribution in [3.05, 3.63) is 41.9 Å². The average Bonchev–Trinajstić information content (AvgIpc) is 2.77. The predicted octanol–water partition coefficient (Wildman–Crippen LogP) is 2.57. The first-order chi connectivity index (χ1) is 8.28. The molecule has 6 heteroatoms. The Hall–Kier alpha value is -1.62. The van der Waals surface area contributed by atoms with E-state index >= 15 is 0 Å². The molecule has 17 heavy (non-hydrogen) atoms. The van der Waals surface area contributed by atoms with E-state index in [0.717, 1.165) is 0 Å². The first kappa shape index (κ1) is 11.9. The van der Waals surface area contributed by atoms with Gasteiger partial charge in [-0.25, -0.2) is 4.39 Å². The van der Waals surface area contributed by atoms with E-state index in [2.05, 4.69) is 10.2 Å². The van der Waals surface area contributed by atoms with Gasteiger partial charge >= 0.3 is 0 Å². The zero-order chi connectivity index (χ0) is 12.1. The molecule has 0 spiro atoms. The zero-order valence-corrected chi connectivity index (χ0v) is 9.65. The van der Waals surface area contributed by atoms with Gasteiger partial charge in [-0.3, -0.25) is 0 Å². The summed E-state index contributed by atoms with van der Waals surface area (Å²) in [6.07, 6.45) is 0.533. The molecule has 0 aliphatic rings. The van der Waals surface area contributed by atoms with E-state index in [0.29, 0.717) is 29.8 Å². The number of aryl methyl sites for hydroxylation is 1. The summed E-state index contributed by atoms with van der Waals surface area (Å²) in [5.41, 5.74) is 0. The van der Waals surface area contributed by atoms with Crippen molar-refractivity contribution in [3.63, 3.8) is 0 Å². The summed E-state index contributed by atoms with van der Waals surface area (Å²) in [4.78, 5) is 0. The van der Waals surface area contributed by atoms with E-state index in [1.165, 1.54) is 24.3 Å². The standard InChI is InChI=1S/C11H10ClFN2O2/c12-6-5-10-14-15-11(17-10)7-16-9-3-1-8(13)2-4-9/h1-4H,5-7H2. The van der Waals surface area contributed by atoms with E-state index in [1.54, 1.807) is 0 Å². The second-order valence-electron chi connectivity index (χ2n) is 3.27. The van der Waals surface area contributed by atoms with Gasteiger partial charge in [0.15, 0.2) is 6.61 Å². The molecular weight excluding hydrogens is 247 g/mol. The molecule has 1 heterocycles. The van der Waals surface area contributed by atoms with Crippen molar-refractivity contribution in [2.24, 2.45) is 0 Å². The van der Waals surface area contributed by atoms with E-state index in [9.17, 15) is 4.39 Å². The maximum absolute atomic E-state index is 12.6. The van der Waals surface area contributed by atoms with E-state index in [-0.39, 0.29) is 12.4 Å². The highest BCUT2D eigenvalue weighted by Crippen LogP contribution is 2.13. The quantitative estimate of drug-likeness (QED) is 0.772. The van der Waals surface area contributed by atoms with E-state index < -0.39 is 0 Å². The molecule has 1 aromatic heterocycles. The molecule has 0 unspecified atom stereocenters. The maximum Gasteiger partial charge on any atom is 0.253 e. The van der Waals surface area contributed by atoms with Gasteiger partial charge in [0.1, 0.15) is 11.6 Å². The smallest absolute Gasteiger partial charge is 0.253 e. The highest BCUT2D eigenvalue weighted by atomic mass is 35.5. The lowest BCUT2D eigenvalue weighted by atomic mass is 10.3. The van der Waals surface area contributed by atoms with Gasteiger partial charge in [-0.05, 0) is 24.3 Å². The normalized spacial score (nSPS) is 10.5. The van der Waals surface area contributed by atoms with Gasteiger partial charge in [-0.1, -0.05) is 0 Å². The Morgan fingerprint density at radius 1 is 1.18 bits per heavy atom. The Morgan fingerprint density at radius 2 is 1.88 bits per heavy atom. The molecular formula is C11H10ClFN2O2. The fraction of sp³-hybridized carbons (Fsp3) is 0.273. The number of benzene rings is 1. The van der Waals surface area contributed by atoms with Crippen LogP contribution in [0.3, 0.4) is 0 Å².